The SMILES string of the molecule is Cn1cc(Br)nc1C(=O)Nc1cccc([C@@]2(C)N=C(N)[C@](C)(F)CC2(F)F)c1F. The van der Waals surface area contributed by atoms with E-state index in [1.54, 1.807) is 7.05 Å². The van der Waals surface area contributed by atoms with Gasteiger partial charge in [-0.25, -0.2) is 22.5 Å². The van der Waals surface area contributed by atoms with Crippen molar-refractivity contribution in [2.45, 2.75) is 37.4 Å². The number of aryl methyl sites for hydroxylation is 1. The molecule has 2 aromatic rings. The van der Waals surface area contributed by atoms with E-state index in [1.807, 2.05) is 0 Å². The van der Waals surface area contributed by atoms with Crippen molar-refractivity contribution >= 4 is 33.4 Å². The highest BCUT2D eigenvalue weighted by molar-refractivity contribution is 9.10. The number of imidazole rings is 1. The summed E-state index contributed by atoms with van der Waals surface area (Å²) < 4.78 is 60.9. The summed E-state index contributed by atoms with van der Waals surface area (Å²) in [5.41, 5.74) is -0.273. The van der Waals surface area contributed by atoms with Crippen molar-refractivity contribution in [3.8, 4) is 0 Å². The standard InChI is InChI=1S/C18H18BrF4N5O/c1-16(21)8-18(22,23)17(2,27-15(16)24)9-5-4-6-10(12(9)20)25-14(29)13-26-11(19)7-28(13)3/h4-7H,8H2,1-3H3,(H2,24,27)(H,25,29)/t16-,17-/m1/s1. The van der Waals surface area contributed by atoms with Crippen LogP contribution < -0.4 is 11.1 Å². The number of carbonyl (C=O) groups is 1. The smallest absolute Gasteiger partial charge is 0.291 e. The van der Waals surface area contributed by atoms with Crippen LogP contribution in [0.5, 0.6) is 0 Å². The molecule has 0 saturated heterocycles. The Hall–Kier alpha value is -2.43. The molecule has 1 aromatic heterocycles. The lowest BCUT2D eigenvalue weighted by Gasteiger charge is -2.42. The van der Waals surface area contributed by atoms with E-state index in [9.17, 15) is 18.0 Å². The van der Waals surface area contributed by atoms with Gasteiger partial charge in [0.1, 0.15) is 10.4 Å². The van der Waals surface area contributed by atoms with Crippen molar-refractivity contribution in [2.24, 2.45) is 17.8 Å². The molecule has 1 amide bonds. The van der Waals surface area contributed by atoms with E-state index in [0.29, 0.717) is 4.60 Å². The van der Waals surface area contributed by atoms with E-state index in [4.69, 9.17) is 5.73 Å². The van der Waals surface area contributed by atoms with E-state index < -0.39 is 46.7 Å². The number of aromatic nitrogens is 2. The number of aliphatic imine (C=N–C) groups is 1. The Kier molecular flexibility index (Phi) is 5.01. The number of carbonyl (C=O) groups excluding carboxylic acids is 1. The summed E-state index contributed by atoms with van der Waals surface area (Å²) in [6.45, 7) is 1.88. The normalized spacial score (nSPS) is 26.1. The molecule has 3 rings (SSSR count). The topological polar surface area (TPSA) is 85.3 Å². The first-order valence-electron chi connectivity index (χ1n) is 8.50. The number of amidine groups is 1. The van der Waals surface area contributed by atoms with Gasteiger partial charge >= 0.3 is 0 Å². The lowest BCUT2D eigenvalue weighted by atomic mass is 9.77. The summed E-state index contributed by atoms with van der Waals surface area (Å²) in [6, 6.07) is 3.61. The summed E-state index contributed by atoms with van der Waals surface area (Å²) in [6.07, 6.45) is 0.278. The Bertz CT molecular complexity index is 1020. The number of hydrogen-bond acceptors (Lipinski definition) is 4. The quantitative estimate of drug-likeness (QED) is 0.659. The average molecular weight is 476 g/mol. The molecule has 0 aliphatic carbocycles. The third kappa shape index (κ3) is 3.52. The Balaban J connectivity index is 2.04. The number of benzene rings is 1. The van der Waals surface area contributed by atoms with Crippen molar-refractivity contribution in [1.29, 1.82) is 0 Å². The fraction of sp³-hybridized carbons (Fsp3) is 0.389. The van der Waals surface area contributed by atoms with Crippen LogP contribution in [0.15, 0.2) is 34.0 Å². The number of rotatable bonds is 3. The van der Waals surface area contributed by atoms with E-state index in [2.05, 4.69) is 31.2 Å². The first-order valence-corrected chi connectivity index (χ1v) is 9.29. The molecule has 0 fully saturated rings. The van der Waals surface area contributed by atoms with E-state index in [0.717, 1.165) is 19.9 Å². The van der Waals surface area contributed by atoms with Gasteiger partial charge in [-0.2, -0.15) is 0 Å². The van der Waals surface area contributed by atoms with E-state index >= 15 is 4.39 Å². The number of alkyl halides is 3. The van der Waals surface area contributed by atoms with Crippen LogP contribution in [0.25, 0.3) is 0 Å². The van der Waals surface area contributed by atoms with Crippen LogP contribution in [0.1, 0.15) is 36.5 Å². The summed E-state index contributed by atoms with van der Waals surface area (Å²) in [7, 11) is 1.56. The van der Waals surface area contributed by atoms with Crippen LogP contribution in [0.4, 0.5) is 23.2 Å². The molecule has 3 N–H and O–H groups in total. The van der Waals surface area contributed by atoms with Gasteiger partial charge in [0.2, 0.25) is 0 Å². The largest absolute Gasteiger partial charge is 0.385 e. The fourth-order valence-corrected chi connectivity index (χ4v) is 3.67. The number of anilines is 1. The highest BCUT2D eigenvalue weighted by Crippen LogP contribution is 2.50. The summed E-state index contributed by atoms with van der Waals surface area (Å²) in [5, 5.41) is 2.32. The average Bonchev–Trinajstić information content (AvgIpc) is 2.92. The van der Waals surface area contributed by atoms with Gasteiger partial charge in [-0.3, -0.25) is 9.79 Å². The van der Waals surface area contributed by atoms with Crippen molar-refractivity contribution in [2.75, 3.05) is 5.32 Å². The predicted molar refractivity (Wildman–Crippen MR) is 103 cm³/mol. The van der Waals surface area contributed by atoms with Gasteiger partial charge in [0, 0.05) is 18.8 Å². The Morgan fingerprint density at radius 2 is 1.97 bits per heavy atom. The molecule has 2 atom stereocenters. The number of hydrogen-bond donors (Lipinski definition) is 2. The maximum atomic E-state index is 15.2. The summed E-state index contributed by atoms with van der Waals surface area (Å²) >= 11 is 3.12. The highest BCUT2D eigenvalue weighted by atomic mass is 79.9. The van der Waals surface area contributed by atoms with Crippen LogP contribution in [-0.2, 0) is 12.6 Å². The Labute approximate surface area is 172 Å². The minimum absolute atomic E-state index is 0.0219. The van der Waals surface area contributed by atoms with E-state index in [1.165, 1.54) is 22.9 Å². The Morgan fingerprint density at radius 1 is 1.31 bits per heavy atom. The third-order valence-corrected chi connectivity index (χ3v) is 5.35. The first-order chi connectivity index (χ1) is 13.3. The number of nitrogens with two attached hydrogens (primary N) is 1. The molecule has 1 aliphatic heterocycles. The number of halogens is 5. The van der Waals surface area contributed by atoms with Crippen molar-refractivity contribution in [3.63, 3.8) is 0 Å². The second-order valence-corrected chi connectivity index (χ2v) is 8.08. The molecule has 0 spiro atoms. The highest BCUT2D eigenvalue weighted by Gasteiger charge is 2.60. The molecule has 29 heavy (non-hydrogen) atoms. The Morgan fingerprint density at radius 3 is 2.55 bits per heavy atom. The van der Waals surface area contributed by atoms with E-state index in [-0.39, 0.29) is 11.5 Å². The molecule has 1 aromatic carbocycles. The van der Waals surface area contributed by atoms with Crippen LogP contribution in [0, 0.1) is 5.82 Å². The molecule has 0 bridgehead atoms. The van der Waals surface area contributed by atoms with Gasteiger partial charge in [0.15, 0.2) is 22.8 Å². The maximum absolute atomic E-state index is 15.2. The number of amides is 1. The first kappa shape index (κ1) is 21.3. The molecule has 0 saturated carbocycles. The molecule has 1 aliphatic rings. The molecular formula is C18H18BrF4N5O. The van der Waals surface area contributed by atoms with Gasteiger partial charge < -0.3 is 15.6 Å². The van der Waals surface area contributed by atoms with Gasteiger partial charge in [-0.1, -0.05) is 12.1 Å². The molecule has 0 unspecified atom stereocenters. The zero-order chi connectivity index (χ0) is 21.8. The lowest BCUT2D eigenvalue weighted by molar-refractivity contribution is -0.106. The number of nitrogens with one attached hydrogen (secondary N) is 1. The van der Waals surface area contributed by atoms with Gasteiger partial charge in [-0.15, -0.1) is 0 Å². The third-order valence-electron chi connectivity index (χ3n) is 4.97. The zero-order valence-electron chi connectivity index (χ0n) is 15.7. The maximum Gasteiger partial charge on any atom is 0.291 e. The van der Waals surface area contributed by atoms with Gasteiger partial charge in [0.25, 0.3) is 11.8 Å². The minimum atomic E-state index is -3.73. The fourth-order valence-electron chi connectivity index (χ4n) is 3.20. The molecule has 6 nitrogen and oxygen atoms in total. The van der Waals surface area contributed by atoms with Gasteiger partial charge in [0.05, 0.1) is 12.1 Å². The summed E-state index contributed by atoms with van der Waals surface area (Å²) in [4.78, 5) is 20.0. The molecule has 11 heteroatoms. The second-order valence-electron chi connectivity index (χ2n) is 7.27. The minimum Gasteiger partial charge on any atom is -0.385 e. The monoisotopic (exact) mass is 475 g/mol. The molecule has 156 valence electrons. The van der Waals surface area contributed by atoms with Crippen LogP contribution >= 0.6 is 15.9 Å². The number of nitrogens with zero attached hydrogens (tertiary/aromatic N) is 3. The van der Waals surface area contributed by atoms with Gasteiger partial charge in [-0.05, 0) is 35.8 Å². The molecule has 0 radical (unpaired) electrons. The van der Waals surface area contributed by atoms with Crippen molar-refractivity contribution < 1.29 is 22.4 Å². The lowest BCUT2D eigenvalue weighted by Crippen LogP contribution is -2.56. The van der Waals surface area contributed by atoms with Crippen LogP contribution in [-0.4, -0.2) is 32.9 Å². The molecular weight excluding hydrogens is 458 g/mol. The second kappa shape index (κ2) is 6.82. The van der Waals surface area contributed by atoms with Crippen molar-refractivity contribution in [1.82, 2.24) is 9.55 Å². The van der Waals surface area contributed by atoms with Crippen LogP contribution in [0.2, 0.25) is 0 Å². The van der Waals surface area contributed by atoms with Crippen molar-refractivity contribution in [3.05, 3.63) is 46.2 Å². The van der Waals surface area contributed by atoms with Crippen LogP contribution in [0.3, 0.4) is 0 Å². The predicted octanol–water partition coefficient (Wildman–Crippen LogP) is 3.91. The zero-order valence-corrected chi connectivity index (χ0v) is 17.3. The summed E-state index contributed by atoms with van der Waals surface area (Å²) in [5.74, 6) is -6.25. The molecule has 2 heterocycles.